The fraction of sp³-hybridized carbons (Fsp3) is 0.394. The molecule has 0 bridgehead atoms. The van der Waals surface area contributed by atoms with Crippen molar-refractivity contribution in [2.24, 2.45) is 0 Å². The summed E-state index contributed by atoms with van der Waals surface area (Å²) in [6, 6.07) is 15.7. The lowest BCUT2D eigenvalue weighted by Crippen LogP contribution is -2.57. The van der Waals surface area contributed by atoms with Crippen molar-refractivity contribution in [3.8, 4) is 5.75 Å². The Bertz CT molecular complexity index is 1510. The predicted octanol–water partition coefficient (Wildman–Crippen LogP) is 4.10. The number of hydrogen-bond donors (Lipinski definition) is 1. The standard InChI is InChI=1S/C33H40N8O3/c1-4-30(42)39-14-8-11-27(23-39)41-31-25(22-40(33(41)43)21-24-9-6-5-7-10-24)20-34-32(36-31)35-28-13-12-26(19-29(28)44-3)38-17-15-37(2)16-18-38/h4-7,9-10,12-13,19-20,27H,1,8,11,14-18,21-23H2,2-3H3,(H,34,35,36)/t27-/m1/s1. The lowest BCUT2D eigenvalue weighted by molar-refractivity contribution is -0.127. The Morgan fingerprint density at radius 2 is 1.91 bits per heavy atom. The van der Waals surface area contributed by atoms with Crippen LogP contribution in [0.5, 0.6) is 5.75 Å². The van der Waals surface area contributed by atoms with E-state index >= 15 is 0 Å². The fourth-order valence-electron chi connectivity index (χ4n) is 6.21. The first-order valence-electron chi connectivity index (χ1n) is 15.2. The van der Waals surface area contributed by atoms with Gasteiger partial charge in [0.1, 0.15) is 11.6 Å². The minimum absolute atomic E-state index is 0.127. The first-order chi connectivity index (χ1) is 21.4. The van der Waals surface area contributed by atoms with Crippen molar-refractivity contribution in [1.82, 2.24) is 24.7 Å². The van der Waals surface area contributed by atoms with Crippen LogP contribution in [-0.4, -0.2) is 96.1 Å². The number of hydrogen-bond acceptors (Lipinski definition) is 8. The largest absolute Gasteiger partial charge is 0.494 e. The van der Waals surface area contributed by atoms with E-state index in [9.17, 15) is 9.59 Å². The molecule has 0 saturated carbocycles. The number of piperidine rings is 1. The number of fused-ring (bicyclic) bond motifs is 1. The van der Waals surface area contributed by atoms with Gasteiger partial charge in [0.25, 0.3) is 0 Å². The molecule has 11 nitrogen and oxygen atoms in total. The Morgan fingerprint density at radius 1 is 1.11 bits per heavy atom. The minimum atomic E-state index is -0.224. The molecule has 1 N–H and O–H groups in total. The molecular weight excluding hydrogens is 556 g/mol. The highest BCUT2D eigenvalue weighted by Crippen LogP contribution is 2.35. The molecule has 3 aliphatic heterocycles. The van der Waals surface area contributed by atoms with Crippen LogP contribution in [-0.2, 0) is 17.9 Å². The van der Waals surface area contributed by atoms with Crippen LogP contribution < -0.4 is 19.9 Å². The van der Waals surface area contributed by atoms with Crippen LogP contribution in [0.4, 0.5) is 27.9 Å². The highest BCUT2D eigenvalue weighted by molar-refractivity contribution is 5.95. The summed E-state index contributed by atoms with van der Waals surface area (Å²) in [6.07, 6.45) is 4.68. The van der Waals surface area contributed by atoms with Gasteiger partial charge in [-0.3, -0.25) is 9.69 Å². The van der Waals surface area contributed by atoms with Crippen LogP contribution in [0, 0.1) is 0 Å². The van der Waals surface area contributed by atoms with Gasteiger partial charge in [-0.1, -0.05) is 36.9 Å². The van der Waals surface area contributed by atoms with E-state index < -0.39 is 0 Å². The number of anilines is 4. The third-order valence-corrected chi connectivity index (χ3v) is 8.67. The molecule has 4 heterocycles. The Balaban J connectivity index is 1.29. The molecule has 230 valence electrons. The Labute approximate surface area is 258 Å². The summed E-state index contributed by atoms with van der Waals surface area (Å²) in [5.41, 5.74) is 3.75. The average molecular weight is 597 g/mol. The fourth-order valence-corrected chi connectivity index (χ4v) is 6.21. The van der Waals surface area contributed by atoms with Gasteiger partial charge in [0, 0.05) is 69.3 Å². The molecule has 2 aromatic carbocycles. The summed E-state index contributed by atoms with van der Waals surface area (Å²) < 4.78 is 5.76. The number of ether oxygens (including phenoxy) is 1. The van der Waals surface area contributed by atoms with E-state index in [0.29, 0.717) is 43.7 Å². The second kappa shape index (κ2) is 12.9. The number of carbonyl (C=O) groups excluding carboxylic acids is 2. The lowest BCUT2D eigenvalue weighted by Gasteiger charge is -2.43. The van der Waals surface area contributed by atoms with Gasteiger partial charge in [0.05, 0.1) is 25.4 Å². The smallest absolute Gasteiger partial charge is 0.326 e. The van der Waals surface area contributed by atoms with E-state index in [2.05, 4.69) is 39.8 Å². The van der Waals surface area contributed by atoms with E-state index in [1.165, 1.54) is 6.08 Å². The first-order valence-corrected chi connectivity index (χ1v) is 15.2. The number of aromatic nitrogens is 2. The maximum atomic E-state index is 14.1. The Morgan fingerprint density at radius 3 is 2.66 bits per heavy atom. The zero-order chi connectivity index (χ0) is 30.6. The van der Waals surface area contributed by atoms with Crippen molar-refractivity contribution < 1.29 is 14.3 Å². The number of amides is 3. The number of methoxy groups -OCH3 is 1. The third-order valence-electron chi connectivity index (χ3n) is 8.67. The second-order valence-corrected chi connectivity index (χ2v) is 11.6. The quantitative estimate of drug-likeness (QED) is 0.389. The number of benzene rings is 2. The summed E-state index contributed by atoms with van der Waals surface area (Å²) in [5, 5.41) is 3.33. The molecule has 2 fully saturated rings. The number of carbonyl (C=O) groups is 2. The molecule has 3 aromatic rings. The van der Waals surface area contributed by atoms with Crippen molar-refractivity contribution in [2.75, 3.05) is 68.5 Å². The average Bonchev–Trinajstić information content (AvgIpc) is 3.06. The van der Waals surface area contributed by atoms with E-state index in [1.54, 1.807) is 23.1 Å². The number of piperazine rings is 1. The molecular formula is C33H40N8O3. The summed E-state index contributed by atoms with van der Waals surface area (Å²) in [5.74, 6) is 1.51. The van der Waals surface area contributed by atoms with Crippen LogP contribution in [0.25, 0.3) is 0 Å². The molecule has 1 atom stereocenters. The molecule has 0 radical (unpaired) electrons. The maximum absolute atomic E-state index is 14.1. The molecule has 3 amide bonds. The molecule has 44 heavy (non-hydrogen) atoms. The number of urea groups is 1. The Hall–Kier alpha value is -4.64. The topological polar surface area (TPSA) is 97.4 Å². The molecule has 2 saturated heterocycles. The van der Waals surface area contributed by atoms with Gasteiger partial charge in [0.15, 0.2) is 0 Å². The summed E-state index contributed by atoms with van der Waals surface area (Å²) in [4.78, 5) is 46.3. The normalized spacial score (nSPS) is 19.0. The Kier molecular flexibility index (Phi) is 8.65. The third kappa shape index (κ3) is 6.19. The van der Waals surface area contributed by atoms with Crippen molar-refractivity contribution in [2.45, 2.75) is 32.0 Å². The van der Waals surface area contributed by atoms with Crippen molar-refractivity contribution >= 4 is 35.1 Å². The number of likely N-dealkylation sites (N-methyl/N-ethyl adjacent to an activating group) is 1. The van der Waals surface area contributed by atoms with Crippen molar-refractivity contribution in [3.63, 3.8) is 0 Å². The van der Waals surface area contributed by atoms with Crippen LogP contribution in [0.15, 0.2) is 67.4 Å². The van der Waals surface area contributed by atoms with Crippen molar-refractivity contribution in [1.29, 1.82) is 0 Å². The highest BCUT2D eigenvalue weighted by atomic mass is 16.5. The molecule has 0 spiro atoms. The number of nitrogens with one attached hydrogen (secondary N) is 1. The highest BCUT2D eigenvalue weighted by Gasteiger charge is 2.39. The van der Waals surface area contributed by atoms with E-state index in [0.717, 1.165) is 61.5 Å². The SMILES string of the molecule is C=CC(=O)N1CCC[C@@H](N2C(=O)N(Cc3ccccc3)Cc3cnc(Nc4ccc(N5CCN(C)CC5)cc4OC)nc32)C1. The molecule has 1 aromatic heterocycles. The van der Waals surface area contributed by atoms with Crippen LogP contribution in [0.1, 0.15) is 24.0 Å². The van der Waals surface area contributed by atoms with Gasteiger partial charge in [-0.05, 0) is 43.7 Å². The molecule has 0 aliphatic carbocycles. The summed E-state index contributed by atoms with van der Waals surface area (Å²) in [7, 11) is 3.80. The van der Waals surface area contributed by atoms with Gasteiger partial charge in [-0.25, -0.2) is 9.78 Å². The second-order valence-electron chi connectivity index (χ2n) is 11.6. The molecule has 6 rings (SSSR count). The van der Waals surface area contributed by atoms with Gasteiger partial charge >= 0.3 is 6.03 Å². The first kappa shape index (κ1) is 29.4. The zero-order valence-electron chi connectivity index (χ0n) is 25.5. The molecule has 3 aliphatic rings. The molecule has 11 heteroatoms. The van der Waals surface area contributed by atoms with E-state index in [-0.39, 0.29) is 18.0 Å². The summed E-state index contributed by atoms with van der Waals surface area (Å²) >= 11 is 0. The number of nitrogens with zero attached hydrogens (tertiary/aromatic N) is 7. The molecule has 0 unspecified atom stereocenters. The predicted molar refractivity (Wildman–Crippen MR) is 171 cm³/mol. The number of rotatable bonds is 8. The van der Waals surface area contributed by atoms with Gasteiger partial charge in [0.2, 0.25) is 11.9 Å². The summed E-state index contributed by atoms with van der Waals surface area (Å²) in [6.45, 7) is 9.54. The van der Waals surface area contributed by atoms with Crippen LogP contribution >= 0.6 is 0 Å². The van der Waals surface area contributed by atoms with Crippen LogP contribution in [0.3, 0.4) is 0 Å². The van der Waals surface area contributed by atoms with Gasteiger partial charge < -0.3 is 29.7 Å². The lowest BCUT2D eigenvalue weighted by atomic mass is 10.0. The van der Waals surface area contributed by atoms with Crippen molar-refractivity contribution in [3.05, 3.63) is 78.5 Å². The minimum Gasteiger partial charge on any atom is -0.494 e. The zero-order valence-corrected chi connectivity index (χ0v) is 25.5. The van der Waals surface area contributed by atoms with Gasteiger partial charge in [-0.15, -0.1) is 0 Å². The van der Waals surface area contributed by atoms with E-state index in [1.807, 2.05) is 47.4 Å². The van der Waals surface area contributed by atoms with Gasteiger partial charge in [-0.2, -0.15) is 4.98 Å². The number of likely N-dealkylation sites (tertiary alicyclic amines) is 1. The monoisotopic (exact) mass is 596 g/mol. The van der Waals surface area contributed by atoms with Crippen LogP contribution in [0.2, 0.25) is 0 Å². The van der Waals surface area contributed by atoms with E-state index in [4.69, 9.17) is 9.72 Å². The maximum Gasteiger partial charge on any atom is 0.326 e.